The molecule has 1 saturated heterocycles. The summed E-state index contributed by atoms with van der Waals surface area (Å²) in [5, 5.41) is 8.90. The van der Waals surface area contributed by atoms with Crippen LogP contribution in [0.3, 0.4) is 0 Å². The fraction of sp³-hybridized carbons (Fsp3) is 0.650. The van der Waals surface area contributed by atoms with Crippen LogP contribution in [0, 0.1) is 5.41 Å². The molecule has 0 bridgehead atoms. The smallest absolute Gasteiger partial charge is 0.304 e. The van der Waals surface area contributed by atoms with Gasteiger partial charge in [0.25, 0.3) is 0 Å². The first-order chi connectivity index (χ1) is 11.5. The molecule has 0 amide bonds. The summed E-state index contributed by atoms with van der Waals surface area (Å²) in [6.45, 7) is 2.85. The van der Waals surface area contributed by atoms with Gasteiger partial charge in [-0.05, 0) is 63.7 Å². The van der Waals surface area contributed by atoms with Crippen molar-refractivity contribution in [2.24, 2.45) is 5.41 Å². The molecular weight excluding hydrogens is 300 g/mol. The van der Waals surface area contributed by atoms with E-state index in [9.17, 15) is 4.79 Å². The lowest BCUT2D eigenvalue weighted by atomic mass is 9.64. The van der Waals surface area contributed by atoms with E-state index in [2.05, 4.69) is 54.2 Å². The molecule has 1 aromatic carbocycles. The molecule has 1 aliphatic heterocycles. The van der Waals surface area contributed by atoms with Crippen molar-refractivity contribution in [2.75, 3.05) is 33.7 Å². The number of likely N-dealkylation sites (tertiary alicyclic amines) is 1. The highest BCUT2D eigenvalue weighted by Gasteiger charge is 2.47. The van der Waals surface area contributed by atoms with Gasteiger partial charge in [0.15, 0.2) is 0 Å². The fourth-order valence-electron chi connectivity index (χ4n) is 4.82. The van der Waals surface area contributed by atoms with Crippen LogP contribution in [0.4, 0.5) is 0 Å². The minimum absolute atomic E-state index is 0.154. The third-order valence-electron chi connectivity index (χ3n) is 6.46. The van der Waals surface area contributed by atoms with E-state index in [0.29, 0.717) is 12.0 Å². The zero-order valence-electron chi connectivity index (χ0n) is 15.0. The molecule has 0 atom stereocenters. The van der Waals surface area contributed by atoms with E-state index in [-0.39, 0.29) is 12.0 Å². The third-order valence-corrected chi connectivity index (χ3v) is 6.46. The van der Waals surface area contributed by atoms with Gasteiger partial charge in [-0.3, -0.25) is 9.69 Å². The molecule has 1 aliphatic carbocycles. The van der Waals surface area contributed by atoms with Crippen molar-refractivity contribution >= 4 is 5.97 Å². The maximum Gasteiger partial charge on any atom is 0.304 e. The van der Waals surface area contributed by atoms with Crippen molar-refractivity contribution in [1.82, 2.24) is 9.80 Å². The Morgan fingerprint density at radius 3 is 2.38 bits per heavy atom. The number of nitrogens with zero attached hydrogens (tertiary/aromatic N) is 2. The lowest BCUT2D eigenvalue weighted by Gasteiger charge is -2.49. The first-order valence-corrected chi connectivity index (χ1v) is 9.13. The molecule has 1 heterocycles. The molecule has 2 fully saturated rings. The Morgan fingerprint density at radius 2 is 1.79 bits per heavy atom. The largest absolute Gasteiger partial charge is 0.481 e. The zero-order chi connectivity index (χ0) is 17.2. The van der Waals surface area contributed by atoms with E-state index >= 15 is 0 Å². The van der Waals surface area contributed by atoms with Gasteiger partial charge in [-0.15, -0.1) is 0 Å². The number of carbonyl (C=O) groups is 1. The van der Waals surface area contributed by atoms with E-state index in [1.165, 1.54) is 37.7 Å². The van der Waals surface area contributed by atoms with Gasteiger partial charge < -0.3 is 10.0 Å². The predicted octanol–water partition coefficient (Wildman–Crippen LogP) is 3.18. The minimum Gasteiger partial charge on any atom is -0.481 e. The van der Waals surface area contributed by atoms with Gasteiger partial charge in [-0.1, -0.05) is 30.3 Å². The van der Waals surface area contributed by atoms with E-state index in [0.717, 1.165) is 13.1 Å². The summed E-state index contributed by atoms with van der Waals surface area (Å²) in [4.78, 5) is 15.6. The molecule has 1 aromatic rings. The number of aliphatic carboxylic acids is 1. The molecule has 4 nitrogen and oxygen atoms in total. The molecule has 0 radical (unpaired) electrons. The van der Waals surface area contributed by atoms with Crippen molar-refractivity contribution in [1.29, 1.82) is 0 Å². The molecule has 1 saturated carbocycles. The molecule has 1 spiro atoms. The Morgan fingerprint density at radius 1 is 1.12 bits per heavy atom. The number of hydrogen-bond donors (Lipinski definition) is 1. The quantitative estimate of drug-likeness (QED) is 0.900. The van der Waals surface area contributed by atoms with E-state index in [4.69, 9.17) is 5.11 Å². The Balaban J connectivity index is 1.67. The predicted molar refractivity (Wildman–Crippen MR) is 96.0 cm³/mol. The monoisotopic (exact) mass is 330 g/mol. The topological polar surface area (TPSA) is 43.8 Å². The standard InChI is InChI=1S/C20H30N2O2/c1-21(2)20(17-6-4-3-5-7-17)11-9-19(10-12-20)13-15-22(16-19)14-8-18(23)24/h3-7H,8-16H2,1-2H3,(H,23,24). The molecule has 0 unspecified atom stereocenters. The maximum atomic E-state index is 10.8. The summed E-state index contributed by atoms with van der Waals surface area (Å²) in [5.41, 5.74) is 2.00. The molecule has 24 heavy (non-hydrogen) atoms. The van der Waals surface area contributed by atoms with Gasteiger partial charge in [0.05, 0.1) is 6.42 Å². The highest BCUT2D eigenvalue weighted by atomic mass is 16.4. The Hall–Kier alpha value is -1.39. The average molecular weight is 330 g/mol. The summed E-state index contributed by atoms with van der Waals surface area (Å²) in [6, 6.07) is 10.9. The summed E-state index contributed by atoms with van der Waals surface area (Å²) in [7, 11) is 4.41. The Labute approximate surface area is 145 Å². The normalized spacial score (nSPS) is 31.0. The molecule has 2 aliphatic rings. The first-order valence-electron chi connectivity index (χ1n) is 9.13. The van der Waals surface area contributed by atoms with Crippen LogP contribution >= 0.6 is 0 Å². The highest BCUT2D eigenvalue weighted by molar-refractivity contribution is 5.66. The first kappa shape index (κ1) is 17.4. The lowest BCUT2D eigenvalue weighted by Crippen LogP contribution is -2.47. The lowest BCUT2D eigenvalue weighted by molar-refractivity contribution is -0.137. The zero-order valence-corrected chi connectivity index (χ0v) is 15.0. The van der Waals surface area contributed by atoms with Crippen LogP contribution in [0.5, 0.6) is 0 Å². The summed E-state index contributed by atoms with van der Waals surface area (Å²) >= 11 is 0. The van der Waals surface area contributed by atoms with Gasteiger partial charge in [-0.25, -0.2) is 0 Å². The van der Waals surface area contributed by atoms with Crippen molar-refractivity contribution in [3.05, 3.63) is 35.9 Å². The Bertz CT molecular complexity index is 562. The van der Waals surface area contributed by atoms with Crippen molar-refractivity contribution in [3.8, 4) is 0 Å². The van der Waals surface area contributed by atoms with Crippen LogP contribution in [0.1, 0.15) is 44.1 Å². The number of hydrogen-bond acceptors (Lipinski definition) is 3. The summed E-state index contributed by atoms with van der Waals surface area (Å²) < 4.78 is 0. The van der Waals surface area contributed by atoms with Gasteiger partial charge in [0.1, 0.15) is 0 Å². The van der Waals surface area contributed by atoms with Gasteiger partial charge in [-0.2, -0.15) is 0 Å². The van der Waals surface area contributed by atoms with Crippen LogP contribution in [0.25, 0.3) is 0 Å². The maximum absolute atomic E-state index is 10.8. The van der Waals surface area contributed by atoms with Gasteiger partial charge in [0.2, 0.25) is 0 Å². The second-order valence-electron chi connectivity index (χ2n) is 7.96. The summed E-state index contributed by atoms with van der Waals surface area (Å²) in [5.74, 6) is -0.685. The molecule has 132 valence electrons. The van der Waals surface area contributed by atoms with Gasteiger partial charge >= 0.3 is 5.97 Å². The van der Waals surface area contributed by atoms with Crippen LogP contribution in [-0.4, -0.2) is 54.6 Å². The van der Waals surface area contributed by atoms with Crippen molar-refractivity contribution in [2.45, 2.75) is 44.1 Å². The van der Waals surface area contributed by atoms with E-state index in [1.807, 2.05) is 0 Å². The second kappa shape index (κ2) is 6.85. The molecule has 4 heteroatoms. The highest BCUT2D eigenvalue weighted by Crippen LogP contribution is 2.51. The van der Waals surface area contributed by atoms with Crippen LogP contribution in [0.2, 0.25) is 0 Å². The fourth-order valence-corrected chi connectivity index (χ4v) is 4.82. The SMILES string of the molecule is CN(C)C1(c2ccccc2)CCC2(CCN(CCC(=O)O)C2)CC1. The molecule has 0 aromatic heterocycles. The number of carboxylic acids is 1. The number of rotatable bonds is 5. The van der Waals surface area contributed by atoms with Crippen LogP contribution in [0.15, 0.2) is 30.3 Å². The van der Waals surface area contributed by atoms with Crippen LogP contribution < -0.4 is 0 Å². The minimum atomic E-state index is -0.685. The average Bonchev–Trinajstić information content (AvgIpc) is 2.97. The Kier molecular flexibility index (Phi) is 4.97. The number of benzene rings is 1. The van der Waals surface area contributed by atoms with E-state index < -0.39 is 5.97 Å². The van der Waals surface area contributed by atoms with E-state index in [1.54, 1.807) is 0 Å². The summed E-state index contributed by atoms with van der Waals surface area (Å²) in [6.07, 6.45) is 6.35. The molecule has 1 N–H and O–H groups in total. The van der Waals surface area contributed by atoms with Crippen molar-refractivity contribution < 1.29 is 9.90 Å². The third kappa shape index (κ3) is 3.35. The number of carboxylic acid groups (broad SMARTS) is 1. The molecule has 3 rings (SSSR count). The van der Waals surface area contributed by atoms with Crippen molar-refractivity contribution in [3.63, 3.8) is 0 Å². The van der Waals surface area contributed by atoms with Gasteiger partial charge in [0, 0.05) is 18.6 Å². The molecular formula is C20H30N2O2. The van der Waals surface area contributed by atoms with Crippen LogP contribution in [-0.2, 0) is 10.3 Å². The second-order valence-corrected chi connectivity index (χ2v) is 7.96.